The fourth-order valence-corrected chi connectivity index (χ4v) is 4.02. The molecule has 4 rings (SSSR count). The van der Waals surface area contributed by atoms with Gasteiger partial charge in [0.05, 0.1) is 24.9 Å². The number of amides is 1. The Morgan fingerprint density at radius 1 is 1.10 bits per heavy atom. The van der Waals surface area contributed by atoms with Gasteiger partial charge in [0.15, 0.2) is 0 Å². The van der Waals surface area contributed by atoms with E-state index in [-0.39, 0.29) is 11.9 Å². The van der Waals surface area contributed by atoms with E-state index in [0.29, 0.717) is 0 Å². The molecule has 1 aromatic heterocycles. The van der Waals surface area contributed by atoms with Crippen LogP contribution >= 0.6 is 0 Å². The molecule has 0 radical (unpaired) electrons. The molecule has 2 fully saturated rings. The minimum atomic E-state index is -0.166. The average Bonchev–Trinajstić information content (AvgIpc) is 3.19. The van der Waals surface area contributed by atoms with Crippen molar-refractivity contribution in [2.75, 3.05) is 62.7 Å². The summed E-state index contributed by atoms with van der Waals surface area (Å²) in [6.07, 6.45) is 0. The number of hydrogen-bond donors (Lipinski definition) is 1. The van der Waals surface area contributed by atoms with Gasteiger partial charge in [-0.05, 0) is 38.1 Å². The van der Waals surface area contributed by atoms with Gasteiger partial charge in [-0.15, -0.1) is 0 Å². The third-order valence-corrected chi connectivity index (χ3v) is 5.91. The third-order valence-electron chi connectivity index (χ3n) is 5.91. The van der Waals surface area contributed by atoms with Gasteiger partial charge in [-0.1, -0.05) is 5.16 Å². The smallest absolute Gasteiger partial charge is 0.241 e. The fraction of sp³-hybridized carbons (Fsp3) is 0.545. The normalized spacial score (nSPS) is 19.6. The molecule has 1 amide bonds. The summed E-state index contributed by atoms with van der Waals surface area (Å²) in [4.78, 5) is 19.6. The summed E-state index contributed by atoms with van der Waals surface area (Å²) in [5.41, 5.74) is 2.97. The summed E-state index contributed by atoms with van der Waals surface area (Å²) in [5.74, 6) is 0.876. The van der Waals surface area contributed by atoms with Gasteiger partial charge >= 0.3 is 0 Å². The van der Waals surface area contributed by atoms with E-state index in [9.17, 15) is 4.79 Å². The maximum Gasteiger partial charge on any atom is 0.241 e. The molecule has 2 aromatic rings. The molecule has 162 valence electrons. The van der Waals surface area contributed by atoms with Crippen molar-refractivity contribution >= 4 is 17.3 Å². The first-order valence-electron chi connectivity index (χ1n) is 10.7. The van der Waals surface area contributed by atoms with Gasteiger partial charge in [-0.2, -0.15) is 0 Å². The van der Waals surface area contributed by atoms with Gasteiger partial charge in [0.25, 0.3) is 0 Å². The molecule has 1 atom stereocenters. The van der Waals surface area contributed by atoms with Gasteiger partial charge in [0.2, 0.25) is 5.91 Å². The van der Waals surface area contributed by atoms with Crippen molar-refractivity contribution in [3.05, 3.63) is 41.8 Å². The van der Waals surface area contributed by atoms with E-state index in [1.54, 1.807) is 0 Å². The highest BCUT2D eigenvalue weighted by molar-refractivity contribution is 5.94. The molecule has 8 heteroatoms. The number of aryl methyl sites for hydroxylation is 1. The minimum absolute atomic E-state index is 0.0368. The van der Waals surface area contributed by atoms with Crippen LogP contribution in [0.4, 0.5) is 11.4 Å². The Morgan fingerprint density at radius 3 is 2.43 bits per heavy atom. The topological polar surface area (TPSA) is 74.1 Å². The highest BCUT2D eigenvalue weighted by Gasteiger charge is 2.26. The first-order chi connectivity index (χ1) is 14.6. The fourth-order valence-electron chi connectivity index (χ4n) is 4.02. The van der Waals surface area contributed by atoms with E-state index < -0.39 is 0 Å². The summed E-state index contributed by atoms with van der Waals surface area (Å²) in [5, 5.41) is 7.13. The predicted molar refractivity (Wildman–Crippen MR) is 116 cm³/mol. The van der Waals surface area contributed by atoms with Gasteiger partial charge in [-0.25, -0.2) is 0 Å². The number of aromatic nitrogens is 1. The molecule has 8 nitrogen and oxygen atoms in total. The number of benzene rings is 1. The van der Waals surface area contributed by atoms with Crippen LogP contribution in [0.2, 0.25) is 0 Å². The molecular formula is C22H31N5O3. The number of carbonyl (C=O) groups is 1. The second-order valence-corrected chi connectivity index (χ2v) is 8.05. The second-order valence-electron chi connectivity index (χ2n) is 8.05. The van der Waals surface area contributed by atoms with Crippen molar-refractivity contribution in [1.82, 2.24) is 15.0 Å². The van der Waals surface area contributed by atoms with Gasteiger partial charge in [0.1, 0.15) is 5.76 Å². The number of anilines is 2. The van der Waals surface area contributed by atoms with Crippen LogP contribution in [0, 0.1) is 6.92 Å². The van der Waals surface area contributed by atoms with Crippen LogP contribution in [-0.2, 0) is 16.1 Å². The molecule has 30 heavy (non-hydrogen) atoms. The van der Waals surface area contributed by atoms with Crippen molar-refractivity contribution in [3.63, 3.8) is 0 Å². The molecule has 3 heterocycles. The third kappa shape index (κ3) is 5.19. The number of ether oxygens (including phenoxy) is 1. The zero-order chi connectivity index (χ0) is 20.9. The Balaban J connectivity index is 1.24. The molecule has 2 saturated heterocycles. The quantitative estimate of drug-likeness (QED) is 0.776. The van der Waals surface area contributed by atoms with E-state index in [0.717, 1.165) is 76.2 Å². The Labute approximate surface area is 177 Å². The number of hydrogen-bond acceptors (Lipinski definition) is 7. The second kappa shape index (κ2) is 9.59. The van der Waals surface area contributed by atoms with Crippen molar-refractivity contribution in [2.24, 2.45) is 0 Å². The van der Waals surface area contributed by atoms with Crippen molar-refractivity contribution in [2.45, 2.75) is 26.4 Å². The summed E-state index contributed by atoms with van der Waals surface area (Å²) in [7, 11) is 0. The van der Waals surface area contributed by atoms with Crippen molar-refractivity contribution < 1.29 is 14.1 Å². The van der Waals surface area contributed by atoms with E-state index in [1.165, 1.54) is 5.69 Å². The van der Waals surface area contributed by atoms with E-state index in [1.807, 2.05) is 32.0 Å². The standard InChI is InChI=1S/C22H31N5O3/c1-17-15-20(24-30-17)16-25-7-9-26(10-8-25)18(2)22(28)23-19-3-5-21(6-4-19)27-11-13-29-14-12-27/h3-6,15,18H,7-14,16H2,1-2H3,(H,23,28)/t18-/m0/s1. The highest BCUT2D eigenvalue weighted by atomic mass is 16.5. The first-order valence-corrected chi connectivity index (χ1v) is 10.7. The number of nitrogens with zero attached hydrogens (tertiary/aromatic N) is 4. The summed E-state index contributed by atoms with van der Waals surface area (Å²) in [6.45, 7) is 11.6. The molecule has 0 spiro atoms. The number of morpholine rings is 1. The van der Waals surface area contributed by atoms with Gasteiger partial charge in [-0.3, -0.25) is 14.6 Å². The van der Waals surface area contributed by atoms with Crippen LogP contribution in [-0.4, -0.2) is 79.4 Å². The number of piperazine rings is 1. The zero-order valence-electron chi connectivity index (χ0n) is 17.8. The van der Waals surface area contributed by atoms with Gasteiger partial charge in [0, 0.05) is 63.3 Å². The molecule has 0 aliphatic carbocycles. The van der Waals surface area contributed by atoms with E-state index >= 15 is 0 Å². The summed E-state index contributed by atoms with van der Waals surface area (Å²) >= 11 is 0. The molecule has 0 bridgehead atoms. The van der Waals surface area contributed by atoms with Crippen LogP contribution in [0.3, 0.4) is 0 Å². The van der Waals surface area contributed by atoms with Crippen molar-refractivity contribution in [3.8, 4) is 0 Å². The molecule has 0 saturated carbocycles. The van der Waals surface area contributed by atoms with Crippen molar-refractivity contribution in [1.29, 1.82) is 0 Å². The first kappa shape index (κ1) is 20.8. The number of rotatable bonds is 6. The lowest BCUT2D eigenvalue weighted by molar-refractivity contribution is -0.121. The van der Waals surface area contributed by atoms with Crippen LogP contribution in [0.1, 0.15) is 18.4 Å². The summed E-state index contributed by atoms with van der Waals surface area (Å²) < 4.78 is 10.6. The Morgan fingerprint density at radius 2 is 1.80 bits per heavy atom. The molecule has 0 unspecified atom stereocenters. The molecule has 1 aromatic carbocycles. The predicted octanol–water partition coefficient (Wildman–Crippen LogP) is 1.96. The molecule has 2 aliphatic rings. The van der Waals surface area contributed by atoms with Gasteiger partial charge < -0.3 is 19.5 Å². The minimum Gasteiger partial charge on any atom is -0.378 e. The molecule has 2 aliphatic heterocycles. The lowest BCUT2D eigenvalue weighted by Crippen LogP contribution is -2.52. The van der Waals surface area contributed by atoms with E-state index in [4.69, 9.17) is 9.26 Å². The SMILES string of the molecule is Cc1cc(CN2CCN([C@@H](C)C(=O)Nc3ccc(N4CCOCC4)cc3)CC2)no1. The Bertz CT molecular complexity index is 824. The largest absolute Gasteiger partial charge is 0.378 e. The number of carbonyl (C=O) groups excluding carboxylic acids is 1. The maximum atomic E-state index is 12.8. The molecule has 1 N–H and O–H groups in total. The zero-order valence-corrected chi connectivity index (χ0v) is 17.8. The maximum absolute atomic E-state index is 12.8. The summed E-state index contributed by atoms with van der Waals surface area (Å²) in [6, 6.07) is 9.90. The van der Waals surface area contributed by atoms with Crippen LogP contribution in [0.25, 0.3) is 0 Å². The monoisotopic (exact) mass is 413 g/mol. The van der Waals surface area contributed by atoms with Crippen LogP contribution < -0.4 is 10.2 Å². The Kier molecular flexibility index (Phi) is 6.66. The van der Waals surface area contributed by atoms with Crippen LogP contribution in [0.15, 0.2) is 34.9 Å². The van der Waals surface area contributed by atoms with E-state index in [2.05, 4.69) is 37.3 Å². The Hall–Kier alpha value is -2.42. The highest BCUT2D eigenvalue weighted by Crippen LogP contribution is 2.20. The number of nitrogens with one attached hydrogen (secondary N) is 1. The average molecular weight is 414 g/mol. The lowest BCUT2D eigenvalue weighted by Gasteiger charge is -2.37. The lowest BCUT2D eigenvalue weighted by atomic mass is 10.2. The molecular weight excluding hydrogens is 382 g/mol. The van der Waals surface area contributed by atoms with Crippen LogP contribution in [0.5, 0.6) is 0 Å².